The molecule has 0 aliphatic rings. The van der Waals surface area contributed by atoms with Crippen LogP contribution < -0.4 is 5.32 Å². The van der Waals surface area contributed by atoms with Gasteiger partial charge in [-0.05, 0) is 31.2 Å². The number of benzene rings is 1. The van der Waals surface area contributed by atoms with E-state index < -0.39 is 4.92 Å². The fourth-order valence-electron chi connectivity index (χ4n) is 1.22. The number of hydrogen-bond acceptors (Lipinski definition) is 4. The second kappa shape index (κ2) is 7.78. The third-order valence-corrected chi connectivity index (χ3v) is 2.03. The first-order valence-corrected chi connectivity index (χ1v) is 5.57. The number of anilines is 1. The average molecular weight is 245 g/mol. The van der Waals surface area contributed by atoms with Crippen LogP contribution in [0.15, 0.2) is 54.9 Å². The quantitative estimate of drug-likeness (QED) is 0.666. The SMILES string of the molecule is CCNc1ccc([N+](=O)[O-])cc1.c1ccncc1. The second-order valence-electron chi connectivity index (χ2n) is 3.36. The smallest absolute Gasteiger partial charge is 0.269 e. The van der Waals surface area contributed by atoms with E-state index in [1.54, 1.807) is 24.5 Å². The summed E-state index contributed by atoms with van der Waals surface area (Å²) in [5.41, 5.74) is 1.03. The molecule has 1 aromatic heterocycles. The maximum atomic E-state index is 10.3. The zero-order valence-electron chi connectivity index (χ0n) is 10.1. The summed E-state index contributed by atoms with van der Waals surface area (Å²) in [5, 5.41) is 13.3. The molecule has 18 heavy (non-hydrogen) atoms. The van der Waals surface area contributed by atoms with Crippen LogP contribution in [0.1, 0.15) is 6.92 Å². The number of nitro benzene ring substituents is 1. The fourth-order valence-corrected chi connectivity index (χ4v) is 1.22. The van der Waals surface area contributed by atoms with Crippen molar-refractivity contribution in [3.63, 3.8) is 0 Å². The molecule has 0 radical (unpaired) electrons. The van der Waals surface area contributed by atoms with Gasteiger partial charge in [-0.3, -0.25) is 15.1 Å². The zero-order valence-corrected chi connectivity index (χ0v) is 10.1. The van der Waals surface area contributed by atoms with Crippen molar-refractivity contribution >= 4 is 11.4 Å². The first-order chi connectivity index (χ1) is 8.74. The lowest BCUT2D eigenvalue weighted by molar-refractivity contribution is -0.384. The minimum absolute atomic E-state index is 0.122. The molecule has 0 atom stereocenters. The first kappa shape index (κ1) is 13.6. The molecular weight excluding hydrogens is 230 g/mol. The first-order valence-electron chi connectivity index (χ1n) is 5.57. The van der Waals surface area contributed by atoms with E-state index in [-0.39, 0.29) is 5.69 Å². The summed E-state index contributed by atoms with van der Waals surface area (Å²) in [6.45, 7) is 2.79. The van der Waals surface area contributed by atoms with Gasteiger partial charge in [-0.2, -0.15) is 0 Å². The second-order valence-corrected chi connectivity index (χ2v) is 3.36. The Labute approximate surface area is 106 Å². The van der Waals surface area contributed by atoms with Crippen LogP contribution in [0.4, 0.5) is 11.4 Å². The van der Waals surface area contributed by atoms with E-state index in [2.05, 4.69) is 10.3 Å². The van der Waals surface area contributed by atoms with Gasteiger partial charge in [-0.25, -0.2) is 0 Å². The Morgan fingerprint density at radius 1 is 1.17 bits per heavy atom. The van der Waals surface area contributed by atoms with Gasteiger partial charge >= 0.3 is 0 Å². The summed E-state index contributed by atoms with van der Waals surface area (Å²) in [6.07, 6.45) is 3.50. The van der Waals surface area contributed by atoms with E-state index >= 15 is 0 Å². The standard InChI is InChI=1S/C8H10N2O2.C5H5N/c1-2-9-7-3-5-8(6-4-7)10(11)12;1-2-4-6-5-3-1/h3-6,9H,2H2,1H3;1-5H. The molecule has 0 amide bonds. The Kier molecular flexibility index (Phi) is 5.89. The topological polar surface area (TPSA) is 68.1 Å². The normalized spacial score (nSPS) is 8.94. The van der Waals surface area contributed by atoms with Crippen LogP contribution in [-0.4, -0.2) is 16.5 Å². The van der Waals surface area contributed by atoms with Gasteiger partial charge in [-0.15, -0.1) is 0 Å². The van der Waals surface area contributed by atoms with E-state index in [0.29, 0.717) is 0 Å². The average Bonchev–Trinajstić information content (AvgIpc) is 2.42. The highest BCUT2D eigenvalue weighted by Crippen LogP contribution is 2.14. The number of pyridine rings is 1. The highest BCUT2D eigenvalue weighted by molar-refractivity contribution is 5.48. The molecule has 0 unspecified atom stereocenters. The van der Waals surface area contributed by atoms with Crippen LogP contribution in [-0.2, 0) is 0 Å². The molecular formula is C13H15N3O2. The van der Waals surface area contributed by atoms with Crippen molar-refractivity contribution in [2.45, 2.75) is 6.92 Å². The fraction of sp³-hybridized carbons (Fsp3) is 0.154. The maximum Gasteiger partial charge on any atom is 0.269 e. The van der Waals surface area contributed by atoms with E-state index in [1.165, 1.54) is 12.1 Å². The van der Waals surface area contributed by atoms with E-state index in [0.717, 1.165) is 12.2 Å². The molecule has 2 aromatic rings. The van der Waals surface area contributed by atoms with Gasteiger partial charge in [0.1, 0.15) is 0 Å². The van der Waals surface area contributed by atoms with E-state index in [4.69, 9.17) is 0 Å². The predicted octanol–water partition coefficient (Wildman–Crippen LogP) is 3.11. The third-order valence-electron chi connectivity index (χ3n) is 2.03. The number of rotatable bonds is 3. The molecule has 0 saturated carbocycles. The van der Waals surface area contributed by atoms with Gasteiger partial charge in [-0.1, -0.05) is 6.07 Å². The summed E-state index contributed by atoms with van der Waals surface area (Å²) in [4.78, 5) is 13.6. The number of non-ortho nitro benzene ring substituents is 1. The Balaban J connectivity index is 0.000000225. The molecule has 0 aliphatic heterocycles. The summed E-state index contributed by atoms with van der Waals surface area (Å²) in [7, 11) is 0. The third kappa shape index (κ3) is 5.07. The van der Waals surface area contributed by atoms with Crippen molar-refractivity contribution in [2.75, 3.05) is 11.9 Å². The van der Waals surface area contributed by atoms with Crippen molar-refractivity contribution in [3.05, 3.63) is 65.0 Å². The zero-order chi connectivity index (χ0) is 13.2. The van der Waals surface area contributed by atoms with Crippen LogP contribution >= 0.6 is 0 Å². The number of nitro groups is 1. The molecule has 94 valence electrons. The Morgan fingerprint density at radius 2 is 1.78 bits per heavy atom. The van der Waals surface area contributed by atoms with Crippen molar-refractivity contribution < 1.29 is 4.92 Å². The summed E-state index contributed by atoms with van der Waals surface area (Å²) >= 11 is 0. The predicted molar refractivity (Wildman–Crippen MR) is 71.5 cm³/mol. The summed E-state index contributed by atoms with van der Waals surface area (Å²) in [5.74, 6) is 0. The molecule has 0 spiro atoms. The maximum absolute atomic E-state index is 10.3. The molecule has 0 aliphatic carbocycles. The number of aromatic nitrogens is 1. The van der Waals surface area contributed by atoms with E-state index in [9.17, 15) is 10.1 Å². The lowest BCUT2D eigenvalue weighted by Gasteiger charge is -2.00. The Bertz CT molecular complexity index is 431. The van der Waals surface area contributed by atoms with Gasteiger partial charge in [0.2, 0.25) is 0 Å². The van der Waals surface area contributed by atoms with E-state index in [1.807, 2.05) is 25.1 Å². The van der Waals surface area contributed by atoms with Crippen molar-refractivity contribution in [3.8, 4) is 0 Å². The lowest BCUT2D eigenvalue weighted by atomic mass is 10.3. The Hall–Kier alpha value is -2.43. The monoisotopic (exact) mass is 245 g/mol. The van der Waals surface area contributed by atoms with Gasteiger partial charge in [0.15, 0.2) is 0 Å². The minimum atomic E-state index is -0.407. The molecule has 0 fully saturated rings. The van der Waals surface area contributed by atoms with Gasteiger partial charge in [0, 0.05) is 36.8 Å². The molecule has 5 nitrogen and oxygen atoms in total. The van der Waals surface area contributed by atoms with Crippen molar-refractivity contribution in [1.82, 2.24) is 4.98 Å². The number of hydrogen-bond donors (Lipinski definition) is 1. The molecule has 0 bridgehead atoms. The molecule has 2 rings (SSSR count). The van der Waals surface area contributed by atoms with Crippen molar-refractivity contribution in [1.29, 1.82) is 0 Å². The van der Waals surface area contributed by atoms with Gasteiger partial charge < -0.3 is 5.32 Å². The molecule has 1 heterocycles. The van der Waals surface area contributed by atoms with Gasteiger partial charge in [0.25, 0.3) is 5.69 Å². The molecule has 1 aromatic carbocycles. The Morgan fingerprint density at radius 3 is 2.11 bits per heavy atom. The molecule has 0 saturated heterocycles. The highest BCUT2D eigenvalue weighted by Gasteiger charge is 2.02. The van der Waals surface area contributed by atoms with Crippen LogP contribution in [0, 0.1) is 10.1 Å². The number of nitrogens with one attached hydrogen (secondary N) is 1. The minimum Gasteiger partial charge on any atom is -0.385 e. The van der Waals surface area contributed by atoms with Crippen LogP contribution in [0.25, 0.3) is 0 Å². The summed E-state index contributed by atoms with van der Waals surface area (Å²) < 4.78 is 0. The number of nitrogens with zero attached hydrogens (tertiary/aromatic N) is 2. The largest absolute Gasteiger partial charge is 0.385 e. The van der Waals surface area contributed by atoms with Crippen LogP contribution in [0.5, 0.6) is 0 Å². The molecule has 5 heteroatoms. The highest BCUT2D eigenvalue weighted by atomic mass is 16.6. The van der Waals surface area contributed by atoms with Crippen LogP contribution in [0.3, 0.4) is 0 Å². The molecule has 1 N–H and O–H groups in total. The van der Waals surface area contributed by atoms with Gasteiger partial charge in [0.05, 0.1) is 4.92 Å². The summed E-state index contributed by atoms with van der Waals surface area (Å²) in [6, 6.07) is 12.1. The van der Waals surface area contributed by atoms with Crippen molar-refractivity contribution in [2.24, 2.45) is 0 Å². The van der Waals surface area contributed by atoms with Crippen LogP contribution in [0.2, 0.25) is 0 Å². The lowest BCUT2D eigenvalue weighted by Crippen LogP contribution is -1.96.